The van der Waals surface area contributed by atoms with Gasteiger partial charge in [-0.15, -0.1) is 11.8 Å². The highest BCUT2D eigenvalue weighted by Gasteiger charge is 2.35. The highest BCUT2D eigenvalue weighted by Crippen LogP contribution is 2.29. The average Bonchev–Trinajstić information content (AvgIpc) is 3.18. The molecule has 1 fully saturated rings. The predicted molar refractivity (Wildman–Crippen MR) is 144 cm³/mol. The SMILES string of the molecule is CSc1ccc(C=C2NC(c3ccccc3)N(N=Cc3cc4cc(C)ccc4nc3Cl)C2=O)cc1. The van der Waals surface area contributed by atoms with Gasteiger partial charge in [0.15, 0.2) is 6.17 Å². The summed E-state index contributed by atoms with van der Waals surface area (Å²) in [6.07, 6.45) is 5.05. The molecular weight excluding hydrogens is 476 g/mol. The smallest absolute Gasteiger partial charge is 0.292 e. The summed E-state index contributed by atoms with van der Waals surface area (Å²) in [5, 5.41) is 10.7. The molecule has 1 atom stereocenters. The zero-order valence-electron chi connectivity index (χ0n) is 19.3. The number of amides is 1. The fourth-order valence-electron chi connectivity index (χ4n) is 3.96. The molecule has 35 heavy (non-hydrogen) atoms. The highest BCUT2D eigenvalue weighted by atomic mass is 35.5. The summed E-state index contributed by atoms with van der Waals surface area (Å²) in [6, 6.07) is 25.8. The number of fused-ring (bicyclic) bond motifs is 1. The monoisotopic (exact) mass is 498 g/mol. The summed E-state index contributed by atoms with van der Waals surface area (Å²) in [5.41, 5.74) is 4.94. The first-order valence-corrected chi connectivity index (χ1v) is 12.7. The van der Waals surface area contributed by atoms with E-state index in [1.54, 1.807) is 18.0 Å². The highest BCUT2D eigenvalue weighted by molar-refractivity contribution is 7.98. The Kier molecular flexibility index (Phi) is 6.57. The topological polar surface area (TPSA) is 57.6 Å². The standard InChI is InChI=1S/C28H23ClN4OS/c1-18-8-13-24-21(14-18)16-22(26(29)31-24)17-30-33-27(20-6-4-3-5-7-20)32-25(28(33)34)15-19-9-11-23(35-2)12-10-19/h3-17,27,32H,1-2H3. The Morgan fingerprint density at radius 1 is 1.06 bits per heavy atom. The molecule has 2 heterocycles. The van der Waals surface area contributed by atoms with E-state index in [0.717, 1.165) is 27.6 Å². The van der Waals surface area contributed by atoms with Crippen molar-refractivity contribution in [3.05, 3.63) is 112 Å². The number of aryl methyl sites for hydroxylation is 1. The number of rotatable bonds is 5. The number of nitrogens with zero attached hydrogens (tertiary/aromatic N) is 3. The van der Waals surface area contributed by atoms with Gasteiger partial charge >= 0.3 is 0 Å². The van der Waals surface area contributed by atoms with Crippen molar-refractivity contribution in [3.63, 3.8) is 0 Å². The second-order valence-electron chi connectivity index (χ2n) is 8.25. The van der Waals surface area contributed by atoms with Crippen molar-refractivity contribution in [1.82, 2.24) is 15.3 Å². The van der Waals surface area contributed by atoms with Gasteiger partial charge < -0.3 is 5.32 Å². The lowest BCUT2D eigenvalue weighted by molar-refractivity contribution is -0.126. The van der Waals surface area contributed by atoms with Gasteiger partial charge in [0, 0.05) is 15.8 Å². The minimum Gasteiger partial charge on any atom is -0.355 e. The van der Waals surface area contributed by atoms with Crippen LogP contribution in [0.4, 0.5) is 0 Å². The van der Waals surface area contributed by atoms with Crippen molar-refractivity contribution < 1.29 is 4.79 Å². The second kappa shape index (κ2) is 9.94. The Labute approximate surface area is 213 Å². The molecule has 0 aliphatic carbocycles. The van der Waals surface area contributed by atoms with Crippen molar-refractivity contribution in [2.75, 3.05) is 6.26 Å². The molecule has 0 spiro atoms. The summed E-state index contributed by atoms with van der Waals surface area (Å²) in [5.74, 6) is -0.218. The quantitative estimate of drug-likeness (QED) is 0.149. The van der Waals surface area contributed by atoms with Gasteiger partial charge in [-0.05, 0) is 60.7 Å². The van der Waals surface area contributed by atoms with E-state index >= 15 is 0 Å². The maximum absolute atomic E-state index is 13.4. The molecule has 1 saturated heterocycles. The molecule has 1 aromatic heterocycles. The third kappa shape index (κ3) is 4.94. The molecule has 174 valence electrons. The van der Waals surface area contributed by atoms with Crippen LogP contribution in [-0.4, -0.2) is 28.4 Å². The van der Waals surface area contributed by atoms with E-state index < -0.39 is 6.17 Å². The lowest BCUT2D eigenvalue weighted by Gasteiger charge is -2.19. The fourth-order valence-corrected chi connectivity index (χ4v) is 4.57. The molecule has 4 aromatic rings. The van der Waals surface area contributed by atoms with Crippen LogP contribution in [-0.2, 0) is 4.79 Å². The lowest BCUT2D eigenvalue weighted by Crippen LogP contribution is -2.25. The number of halogens is 1. The van der Waals surface area contributed by atoms with Crippen molar-refractivity contribution in [1.29, 1.82) is 0 Å². The minimum atomic E-state index is -0.439. The Bertz CT molecular complexity index is 1450. The zero-order valence-corrected chi connectivity index (χ0v) is 20.8. The van der Waals surface area contributed by atoms with Crippen LogP contribution in [0.2, 0.25) is 5.15 Å². The molecular formula is C28H23ClN4OS. The van der Waals surface area contributed by atoms with Gasteiger partial charge in [0.2, 0.25) is 0 Å². The van der Waals surface area contributed by atoms with Crippen LogP contribution in [0.15, 0.2) is 94.6 Å². The Balaban J connectivity index is 1.50. The van der Waals surface area contributed by atoms with Crippen LogP contribution < -0.4 is 5.32 Å². The Hall–Kier alpha value is -3.61. The number of hydrazone groups is 1. The van der Waals surface area contributed by atoms with E-state index in [2.05, 4.69) is 21.5 Å². The van der Waals surface area contributed by atoms with Crippen LogP contribution >= 0.6 is 23.4 Å². The number of benzene rings is 3. The summed E-state index contributed by atoms with van der Waals surface area (Å²) >= 11 is 8.12. The van der Waals surface area contributed by atoms with E-state index in [1.165, 1.54) is 9.90 Å². The maximum atomic E-state index is 13.4. The third-order valence-electron chi connectivity index (χ3n) is 5.79. The molecule has 3 aromatic carbocycles. The first-order valence-electron chi connectivity index (χ1n) is 11.1. The van der Waals surface area contributed by atoms with E-state index in [9.17, 15) is 4.79 Å². The number of carbonyl (C=O) groups is 1. The molecule has 7 heteroatoms. The molecule has 0 bridgehead atoms. The summed E-state index contributed by atoms with van der Waals surface area (Å²) in [4.78, 5) is 19.1. The van der Waals surface area contributed by atoms with Crippen LogP contribution in [0.1, 0.15) is 28.4 Å². The lowest BCUT2D eigenvalue weighted by atomic mass is 10.1. The van der Waals surface area contributed by atoms with Crippen LogP contribution in [0.5, 0.6) is 0 Å². The zero-order chi connectivity index (χ0) is 24.4. The van der Waals surface area contributed by atoms with E-state index in [-0.39, 0.29) is 5.91 Å². The van der Waals surface area contributed by atoms with Gasteiger partial charge in [-0.1, -0.05) is 65.7 Å². The number of hydrogen-bond donors (Lipinski definition) is 1. The Morgan fingerprint density at radius 2 is 1.83 bits per heavy atom. The number of nitrogens with one attached hydrogen (secondary N) is 1. The first kappa shape index (κ1) is 23.1. The van der Waals surface area contributed by atoms with Gasteiger partial charge in [-0.3, -0.25) is 4.79 Å². The normalized spacial score (nSPS) is 17.0. The molecule has 1 aliphatic rings. The predicted octanol–water partition coefficient (Wildman–Crippen LogP) is 6.42. The van der Waals surface area contributed by atoms with Crippen LogP contribution in [0.3, 0.4) is 0 Å². The summed E-state index contributed by atoms with van der Waals surface area (Å²) in [7, 11) is 0. The number of thioether (sulfide) groups is 1. The molecule has 5 rings (SSSR count). The van der Waals surface area contributed by atoms with Crippen LogP contribution in [0.25, 0.3) is 17.0 Å². The fraction of sp³-hybridized carbons (Fsp3) is 0.107. The largest absolute Gasteiger partial charge is 0.355 e. The van der Waals surface area contributed by atoms with Gasteiger partial charge in [0.1, 0.15) is 10.9 Å². The number of pyridine rings is 1. The molecule has 0 radical (unpaired) electrons. The van der Waals surface area contributed by atoms with E-state index in [1.807, 2.05) is 92.1 Å². The van der Waals surface area contributed by atoms with Gasteiger partial charge in [-0.25, -0.2) is 9.99 Å². The maximum Gasteiger partial charge on any atom is 0.292 e. The first-order chi connectivity index (χ1) is 17.0. The van der Waals surface area contributed by atoms with E-state index in [4.69, 9.17) is 11.6 Å². The summed E-state index contributed by atoms with van der Waals surface area (Å²) < 4.78 is 0. The molecule has 1 aliphatic heterocycles. The molecule has 1 N–H and O–H groups in total. The Morgan fingerprint density at radius 3 is 2.57 bits per heavy atom. The van der Waals surface area contributed by atoms with Gasteiger partial charge in [0.25, 0.3) is 5.91 Å². The van der Waals surface area contributed by atoms with E-state index in [0.29, 0.717) is 16.4 Å². The number of aromatic nitrogens is 1. The van der Waals surface area contributed by atoms with Crippen molar-refractivity contribution >= 4 is 52.5 Å². The van der Waals surface area contributed by atoms with Crippen molar-refractivity contribution in [2.24, 2.45) is 5.10 Å². The number of carbonyl (C=O) groups excluding carboxylic acids is 1. The molecule has 1 amide bonds. The average molecular weight is 499 g/mol. The second-order valence-corrected chi connectivity index (χ2v) is 9.49. The minimum absolute atomic E-state index is 0.218. The molecule has 0 saturated carbocycles. The van der Waals surface area contributed by atoms with Gasteiger partial charge in [0.05, 0.1) is 11.7 Å². The van der Waals surface area contributed by atoms with Crippen molar-refractivity contribution in [2.45, 2.75) is 18.0 Å². The third-order valence-corrected chi connectivity index (χ3v) is 6.84. The van der Waals surface area contributed by atoms with Crippen molar-refractivity contribution in [3.8, 4) is 0 Å². The molecule has 5 nitrogen and oxygen atoms in total. The number of hydrogen-bond acceptors (Lipinski definition) is 5. The summed E-state index contributed by atoms with van der Waals surface area (Å²) in [6.45, 7) is 2.03. The molecule has 1 unspecified atom stereocenters. The van der Waals surface area contributed by atoms with Crippen LogP contribution in [0, 0.1) is 6.92 Å². The van der Waals surface area contributed by atoms with Gasteiger partial charge in [-0.2, -0.15) is 5.10 Å².